The molecule has 0 radical (unpaired) electrons. The zero-order valence-electron chi connectivity index (χ0n) is 11.6. The molecule has 1 aromatic heterocycles. The lowest BCUT2D eigenvalue weighted by Gasteiger charge is -2.20. The fraction of sp³-hybridized carbons (Fsp3) is 0.769. The van der Waals surface area contributed by atoms with E-state index in [4.69, 9.17) is 4.74 Å². The minimum atomic E-state index is 0.303. The summed E-state index contributed by atoms with van der Waals surface area (Å²) in [6, 6.07) is 0.867. The van der Waals surface area contributed by atoms with Gasteiger partial charge in [0.25, 0.3) is 0 Å². The van der Waals surface area contributed by atoms with E-state index < -0.39 is 0 Å². The average Bonchev–Trinajstić information content (AvgIpc) is 2.95. The Balaban J connectivity index is 1.79. The fourth-order valence-corrected chi connectivity index (χ4v) is 2.61. The van der Waals surface area contributed by atoms with Crippen LogP contribution in [0.5, 0.6) is 0 Å². The molecule has 0 aromatic carbocycles. The SMILES string of the molecule is COCCN1CCC(NC(C)c2nccn2C)C1. The number of ether oxygens (including phenoxy) is 1. The molecule has 2 heterocycles. The molecule has 1 N–H and O–H groups in total. The Morgan fingerprint density at radius 1 is 1.61 bits per heavy atom. The summed E-state index contributed by atoms with van der Waals surface area (Å²) in [5.41, 5.74) is 0. The first kappa shape index (κ1) is 13.5. The lowest BCUT2D eigenvalue weighted by molar-refractivity contribution is 0.159. The highest BCUT2D eigenvalue weighted by Gasteiger charge is 2.24. The van der Waals surface area contributed by atoms with Gasteiger partial charge in [0.1, 0.15) is 5.82 Å². The molecule has 0 saturated carbocycles. The molecule has 1 saturated heterocycles. The summed E-state index contributed by atoms with van der Waals surface area (Å²) in [5.74, 6) is 1.10. The molecule has 0 amide bonds. The number of nitrogens with zero attached hydrogens (tertiary/aromatic N) is 3. The molecule has 18 heavy (non-hydrogen) atoms. The minimum absolute atomic E-state index is 0.303. The van der Waals surface area contributed by atoms with Crippen LogP contribution in [0.1, 0.15) is 25.2 Å². The van der Waals surface area contributed by atoms with Crippen LogP contribution < -0.4 is 5.32 Å². The highest BCUT2D eigenvalue weighted by molar-refractivity contribution is 4.98. The van der Waals surface area contributed by atoms with Gasteiger partial charge in [-0.1, -0.05) is 0 Å². The standard InChI is InChI=1S/C13H24N4O/c1-11(13-14-5-7-16(13)2)15-12-4-6-17(10-12)8-9-18-3/h5,7,11-12,15H,4,6,8-10H2,1-3H3. The summed E-state index contributed by atoms with van der Waals surface area (Å²) in [6.45, 7) is 6.31. The molecule has 0 bridgehead atoms. The van der Waals surface area contributed by atoms with Crippen molar-refractivity contribution in [1.29, 1.82) is 0 Å². The summed E-state index contributed by atoms with van der Waals surface area (Å²) in [5, 5.41) is 3.66. The summed E-state index contributed by atoms with van der Waals surface area (Å²) in [4.78, 5) is 6.84. The van der Waals surface area contributed by atoms with Gasteiger partial charge in [-0.05, 0) is 19.9 Å². The van der Waals surface area contributed by atoms with Gasteiger partial charge in [-0.25, -0.2) is 4.98 Å². The maximum absolute atomic E-state index is 5.12. The van der Waals surface area contributed by atoms with Gasteiger partial charge in [0, 0.05) is 45.7 Å². The molecular weight excluding hydrogens is 228 g/mol. The largest absolute Gasteiger partial charge is 0.383 e. The molecule has 5 heteroatoms. The average molecular weight is 252 g/mol. The Morgan fingerprint density at radius 2 is 2.44 bits per heavy atom. The highest BCUT2D eigenvalue weighted by Crippen LogP contribution is 2.15. The summed E-state index contributed by atoms with van der Waals surface area (Å²) in [7, 11) is 3.80. The van der Waals surface area contributed by atoms with E-state index >= 15 is 0 Å². The number of nitrogens with one attached hydrogen (secondary N) is 1. The predicted octanol–water partition coefficient (Wildman–Crippen LogP) is 0.791. The number of aromatic nitrogens is 2. The second kappa shape index (κ2) is 6.31. The van der Waals surface area contributed by atoms with E-state index in [-0.39, 0.29) is 0 Å². The summed E-state index contributed by atoms with van der Waals surface area (Å²) >= 11 is 0. The molecule has 1 aromatic rings. The number of hydrogen-bond donors (Lipinski definition) is 1. The number of likely N-dealkylation sites (tertiary alicyclic amines) is 1. The number of methoxy groups -OCH3 is 1. The van der Waals surface area contributed by atoms with Gasteiger partial charge in [-0.15, -0.1) is 0 Å². The quantitative estimate of drug-likeness (QED) is 0.813. The molecule has 102 valence electrons. The molecule has 0 aliphatic carbocycles. The van der Waals surface area contributed by atoms with E-state index in [1.54, 1.807) is 7.11 Å². The van der Waals surface area contributed by atoms with Crippen LogP contribution in [0.15, 0.2) is 12.4 Å². The number of rotatable bonds is 6. The maximum Gasteiger partial charge on any atom is 0.125 e. The van der Waals surface area contributed by atoms with Crippen LogP contribution in [-0.2, 0) is 11.8 Å². The summed E-state index contributed by atoms with van der Waals surface area (Å²) < 4.78 is 7.20. The lowest BCUT2D eigenvalue weighted by atomic mass is 10.2. The third-order valence-electron chi connectivity index (χ3n) is 3.62. The predicted molar refractivity (Wildman–Crippen MR) is 71.5 cm³/mol. The number of imidazole rings is 1. The van der Waals surface area contributed by atoms with E-state index in [1.165, 1.54) is 6.42 Å². The number of aryl methyl sites for hydroxylation is 1. The van der Waals surface area contributed by atoms with Crippen molar-refractivity contribution in [2.75, 3.05) is 33.4 Å². The van der Waals surface area contributed by atoms with Gasteiger partial charge < -0.3 is 14.6 Å². The Labute approximate surface area is 109 Å². The van der Waals surface area contributed by atoms with Gasteiger partial charge in [0.15, 0.2) is 0 Å². The fourth-order valence-electron chi connectivity index (χ4n) is 2.61. The molecule has 2 unspecified atom stereocenters. The van der Waals surface area contributed by atoms with Crippen LogP contribution in [0.3, 0.4) is 0 Å². The van der Waals surface area contributed by atoms with Crippen LogP contribution in [0.25, 0.3) is 0 Å². The second-order valence-electron chi connectivity index (χ2n) is 5.06. The van der Waals surface area contributed by atoms with Crippen LogP contribution in [0, 0.1) is 0 Å². The summed E-state index contributed by atoms with van der Waals surface area (Å²) in [6.07, 6.45) is 5.05. The molecule has 1 aliphatic heterocycles. The monoisotopic (exact) mass is 252 g/mol. The molecule has 5 nitrogen and oxygen atoms in total. The van der Waals surface area contributed by atoms with Crippen molar-refractivity contribution in [3.05, 3.63) is 18.2 Å². The van der Waals surface area contributed by atoms with Crippen molar-refractivity contribution in [3.63, 3.8) is 0 Å². The minimum Gasteiger partial charge on any atom is -0.383 e. The van der Waals surface area contributed by atoms with Gasteiger partial charge in [0.05, 0.1) is 12.6 Å². The normalized spacial score (nSPS) is 22.5. The van der Waals surface area contributed by atoms with E-state index in [0.717, 1.165) is 32.1 Å². The zero-order valence-corrected chi connectivity index (χ0v) is 11.6. The van der Waals surface area contributed by atoms with Crippen LogP contribution >= 0.6 is 0 Å². The van der Waals surface area contributed by atoms with Crippen LogP contribution in [-0.4, -0.2) is 53.8 Å². The van der Waals surface area contributed by atoms with Crippen molar-refractivity contribution >= 4 is 0 Å². The zero-order chi connectivity index (χ0) is 13.0. The molecule has 2 rings (SSSR count). The van der Waals surface area contributed by atoms with Gasteiger partial charge in [-0.3, -0.25) is 4.90 Å². The van der Waals surface area contributed by atoms with Crippen molar-refractivity contribution < 1.29 is 4.74 Å². The lowest BCUT2D eigenvalue weighted by Crippen LogP contribution is -2.36. The van der Waals surface area contributed by atoms with Gasteiger partial charge in [0.2, 0.25) is 0 Å². The molecule has 1 fully saturated rings. The van der Waals surface area contributed by atoms with E-state index in [9.17, 15) is 0 Å². The highest BCUT2D eigenvalue weighted by atomic mass is 16.5. The third kappa shape index (κ3) is 3.31. The van der Waals surface area contributed by atoms with Gasteiger partial charge >= 0.3 is 0 Å². The van der Waals surface area contributed by atoms with Crippen LogP contribution in [0.4, 0.5) is 0 Å². The number of hydrogen-bond acceptors (Lipinski definition) is 4. The Bertz CT molecular complexity index is 366. The Kier molecular flexibility index (Phi) is 4.74. The van der Waals surface area contributed by atoms with Crippen molar-refractivity contribution in [3.8, 4) is 0 Å². The molecule has 0 spiro atoms. The molecular formula is C13H24N4O. The van der Waals surface area contributed by atoms with Crippen LogP contribution in [0.2, 0.25) is 0 Å². The van der Waals surface area contributed by atoms with Crippen molar-refractivity contribution in [2.45, 2.75) is 25.4 Å². The van der Waals surface area contributed by atoms with Crippen molar-refractivity contribution in [2.24, 2.45) is 7.05 Å². The van der Waals surface area contributed by atoms with E-state index in [2.05, 4.69) is 26.7 Å². The molecule has 2 atom stereocenters. The first-order valence-corrected chi connectivity index (χ1v) is 6.65. The van der Waals surface area contributed by atoms with E-state index in [0.29, 0.717) is 12.1 Å². The third-order valence-corrected chi connectivity index (χ3v) is 3.62. The smallest absolute Gasteiger partial charge is 0.125 e. The first-order chi connectivity index (χ1) is 8.70. The topological polar surface area (TPSA) is 42.3 Å². The maximum atomic E-state index is 5.12. The van der Waals surface area contributed by atoms with E-state index in [1.807, 2.05) is 19.4 Å². The molecule has 1 aliphatic rings. The Morgan fingerprint density at radius 3 is 3.11 bits per heavy atom. The Hall–Kier alpha value is -0.910. The van der Waals surface area contributed by atoms with Crippen molar-refractivity contribution in [1.82, 2.24) is 19.8 Å². The van der Waals surface area contributed by atoms with Gasteiger partial charge in [-0.2, -0.15) is 0 Å². The second-order valence-corrected chi connectivity index (χ2v) is 5.06. The first-order valence-electron chi connectivity index (χ1n) is 6.65.